The van der Waals surface area contributed by atoms with E-state index in [1.165, 1.54) is 10.6 Å². The van der Waals surface area contributed by atoms with Crippen LogP contribution in [0.2, 0.25) is 0 Å². The summed E-state index contributed by atoms with van der Waals surface area (Å²) in [7, 11) is -3.15. The Labute approximate surface area is 172 Å². The number of H-pyrrole nitrogens is 1. The van der Waals surface area contributed by atoms with Gasteiger partial charge < -0.3 is 10.3 Å². The highest BCUT2D eigenvalue weighted by atomic mass is 32.2. The van der Waals surface area contributed by atoms with Gasteiger partial charge in [0.25, 0.3) is 0 Å². The molecular weight excluding hydrogens is 388 g/mol. The fourth-order valence-electron chi connectivity index (χ4n) is 4.64. The van der Waals surface area contributed by atoms with Gasteiger partial charge in [-0.15, -0.1) is 0 Å². The third-order valence-corrected chi connectivity index (χ3v) is 7.80. The van der Waals surface area contributed by atoms with Crippen LogP contribution < -0.4 is 5.32 Å². The van der Waals surface area contributed by atoms with E-state index in [0.29, 0.717) is 37.8 Å². The van der Waals surface area contributed by atoms with E-state index in [0.717, 1.165) is 49.1 Å². The van der Waals surface area contributed by atoms with Gasteiger partial charge in [0.1, 0.15) is 5.82 Å². The van der Waals surface area contributed by atoms with Gasteiger partial charge in [-0.3, -0.25) is 4.79 Å². The van der Waals surface area contributed by atoms with Crippen molar-refractivity contribution in [3.8, 4) is 0 Å². The van der Waals surface area contributed by atoms with Crippen molar-refractivity contribution in [2.75, 3.05) is 25.9 Å². The number of benzene rings is 1. The standard InChI is InChI=1S/C21H30N4O3S/c1-29(27,28)25-12-10-17(11-13-25)21(26)22-14-15-6-8-16(9-7-15)20-23-18-4-2-3-5-19(18)24-20/h2-5,15-17H,6-14H2,1H3,(H,22,26)(H,23,24). The first kappa shape index (κ1) is 20.3. The van der Waals surface area contributed by atoms with Crippen LogP contribution in [0.5, 0.6) is 0 Å². The minimum absolute atomic E-state index is 0.0695. The average Bonchev–Trinajstić information content (AvgIpc) is 3.16. The summed E-state index contributed by atoms with van der Waals surface area (Å²) in [5.74, 6) is 2.08. The second-order valence-corrected chi connectivity index (χ2v) is 10.5. The Balaban J connectivity index is 1.21. The normalized spacial score (nSPS) is 24.6. The van der Waals surface area contributed by atoms with Crippen LogP contribution in [0, 0.1) is 11.8 Å². The molecule has 7 nitrogen and oxygen atoms in total. The van der Waals surface area contributed by atoms with Gasteiger partial charge in [-0.2, -0.15) is 0 Å². The zero-order chi connectivity index (χ0) is 20.4. The lowest BCUT2D eigenvalue weighted by Crippen LogP contribution is -2.43. The lowest BCUT2D eigenvalue weighted by atomic mass is 9.81. The molecule has 158 valence electrons. The predicted octanol–water partition coefficient (Wildman–Crippen LogP) is 2.62. The maximum atomic E-state index is 12.5. The second kappa shape index (κ2) is 8.44. The predicted molar refractivity (Wildman–Crippen MR) is 113 cm³/mol. The molecule has 2 fully saturated rings. The molecular formula is C21H30N4O3S. The van der Waals surface area contributed by atoms with E-state index >= 15 is 0 Å². The molecule has 0 spiro atoms. The zero-order valence-corrected chi connectivity index (χ0v) is 17.7. The van der Waals surface area contributed by atoms with Crippen molar-refractivity contribution in [1.82, 2.24) is 19.6 Å². The van der Waals surface area contributed by atoms with Crippen LogP contribution in [-0.2, 0) is 14.8 Å². The first-order valence-electron chi connectivity index (χ1n) is 10.6. The Morgan fingerprint density at radius 2 is 1.83 bits per heavy atom. The van der Waals surface area contributed by atoms with E-state index in [1.54, 1.807) is 0 Å². The summed E-state index contributed by atoms with van der Waals surface area (Å²) in [6.07, 6.45) is 6.81. The number of carbonyl (C=O) groups is 1. The summed E-state index contributed by atoms with van der Waals surface area (Å²) < 4.78 is 24.7. The van der Waals surface area contributed by atoms with Crippen molar-refractivity contribution in [3.63, 3.8) is 0 Å². The summed E-state index contributed by atoms with van der Waals surface area (Å²) in [5, 5.41) is 3.12. The van der Waals surface area contributed by atoms with Gasteiger partial charge >= 0.3 is 0 Å². The van der Waals surface area contributed by atoms with Gasteiger partial charge in [0.05, 0.1) is 17.3 Å². The molecule has 0 unspecified atom stereocenters. The zero-order valence-electron chi connectivity index (χ0n) is 16.9. The number of sulfonamides is 1. The first-order chi connectivity index (χ1) is 13.9. The topological polar surface area (TPSA) is 95.2 Å². The van der Waals surface area contributed by atoms with Crippen molar-refractivity contribution in [1.29, 1.82) is 0 Å². The van der Waals surface area contributed by atoms with Crippen LogP contribution in [0.3, 0.4) is 0 Å². The van der Waals surface area contributed by atoms with E-state index in [1.807, 2.05) is 18.2 Å². The highest BCUT2D eigenvalue weighted by molar-refractivity contribution is 7.88. The van der Waals surface area contributed by atoms with Crippen LogP contribution in [0.4, 0.5) is 0 Å². The number of nitrogens with one attached hydrogen (secondary N) is 2. The number of nitrogens with zero attached hydrogens (tertiary/aromatic N) is 2. The van der Waals surface area contributed by atoms with Crippen LogP contribution >= 0.6 is 0 Å². The number of piperidine rings is 1. The Morgan fingerprint density at radius 3 is 2.48 bits per heavy atom. The Morgan fingerprint density at radius 1 is 1.14 bits per heavy atom. The fraction of sp³-hybridized carbons (Fsp3) is 0.619. The molecule has 1 saturated heterocycles. The van der Waals surface area contributed by atoms with Gasteiger partial charge in [0.15, 0.2) is 0 Å². The molecule has 2 N–H and O–H groups in total. The summed E-state index contributed by atoms with van der Waals surface area (Å²) in [6, 6.07) is 8.14. The van der Waals surface area contributed by atoms with Crippen LogP contribution in [0.1, 0.15) is 50.3 Å². The van der Waals surface area contributed by atoms with Gasteiger partial charge in [-0.05, 0) is 56.6 Å². The highest BCUT2D eigenvalue weighted by Crippen LogP contribution is 2.35. The number of aromatic amines is 1. The number of imidazole rings is 1. The quantitative estimate of drug-likeness (QED) is 0.780. The molecule has 2 aliphatic rings. The lowest BCUT2D eigenvalue weighted by Gasteiger charge is -2.31. The number of hydrogen-bond donors (Lipinski definition) is 2. The van der Waals surface area contributed by atoms with Crippen molar-refractivity contribution in [2.45, 2.75) is 44.4 Å². The van der Waals surface area contributed by atoms with Gasteiger partial charge in [-0.1, -0.05) is 12.1 Å². The summed E-state index contributed by atoms with van der Waals surface area (Å²) >= 11 is 0. The smallest absolute Gasteiger partial charge is 0.223 e. The summed E-state index contributed by atoms with van der Waals surface area (Å²) in [6.45, 7) is 1.61. The number of para-hydroxylation sites is 2. The third kappa shape index (κ3) is 4.80. The van der Waals surface area contributed by atoms with E-state index in [9.17, 15) is 13.2 Å². The van der Waals surface area contributed by atoms with Gasteiger partial charge in [-0.25, -0.2) is 17.7 Å². The molecule has 1 aliphatic heterocycles. The molecule has 1 saturated carbocycles. The van der Waals surface area contributed by atoms with Crippen LogP contribution in [-0.4, -0.2) is 54.5 Å². The summed E-state index contributed by atoms with van der Waals surface area (Å²) in [5.41, 5.74) is 2.12. The van der Waals surface area contributed by atoms with E-state index in [2.05, 4.69) is 16.4 Å². The SMILES string of the molecule is CS(=O)(=O)N1CCC(C(=O)NCC2CCC(c3nc4ccccc4[nH]3)CC2)CC1. The van der Waals surface area contributed by atoms with Crippen LogP contribution in [0.25, 0.3) is 11.0 Å². The molecule has 8 heteroatoms. The maximum Gasteiger partial charge on any atom is 0.223 e. The molecule has 2 heterocycles. The van der Waals surface area contributed by atoms with E-state index < -0.39 is 10.0 Å². The molecule has 0 bridgehead atoms. The van der Waals surface area contributed by atoms with E-state index in [-0.39, 0.29) is 11.8 Å². The number of rotatable bonds is 5. The number of fused-ring (bicyclic) bond motifs is 1. The van der Waals surface area contributed by atoms with Crippen LogP contribution in [0.15, 0.2) is 24.3 Å². The van der Waals surface area contributed by atoms with Crippen molar-refractivity contribution in [3.05, 3.63) is 30.1 Å². The molecule has 1 aromatic carbocycles. The Kier molecular flexibility index (Phi) is 5.92. The minimum atomic E-state index is -3.15. The van der Waals surface area contributed by atoms with Gasteiger partial charge in [0, 0.05) is 31.5 Å². The molecule has 29 heavy (non-hydrogen) atoms. The molecule has 1 aliphatic carbocycles. The average molecular weight is 419 g/mol. The highest BCUT2D eigenvalue weighted by Gasteiger charge is 2.30. The largest absolute Gasteiger partial charge is 0.356 e. The molecule has 4 rings (SSSR count). The number of carbonyl (C=O) groups excluding carboxylic acids is 1. The number of amides is 1. The maximum absolute atomic E-state index is 12.5. The fourth-order valence-corrected chi connectivity index (χ4v) is 5.52. The van der Waals surface area contributed by atoms with E-state index in [4.69, 9.17) is 4.98 Å². The molecule has 1 aromatic heterocycles. The molecule has 0 radical (unpaired) electrons. The van der Waals surface area contributed by atoms with Crippen molar-refractivity contribution in [2.24, 2.45) is 11.8 Å². The molecule has 2 aromatic rings. The van der Waals surface area contributed by atoms with Crippen molar-refractivity contribution >= 4 is 27.0 Å². The number of aromatic nitrogens is 2. The summed E-state index contributed by atoms with van der Waals surface area (Å²) in [4.78, 5) is 20.7. The lowest BCUT2D eigenvalue weighted by molar-refractivity contribution is -0.126. The Bertz CT molecular complexity index is 922. The van der Waals surface area contributed by atoms with Gasteiger partial charge in [0.2, 0.25) is 15.9 Å². The Hall–Kier alpha value is -1.93. The second-order valence-electron chi connectivity index (χ2n) is 8.54. The number of hydrogen-bond acceptors (Lipinski definition) is 4. The third-order valence-electron chi connectivity index (χ3n) is 6.50. The van der Waals surface area contributed by atoms with Crippen molar-refractivity contribution < 1.29 is 13.2 Å². The first-order valence-corrected chi connectivity index (χ1v) is 12.4. The monoisotopic (exact) mass is 418 g/mol. The molecule has 0 atom stereocenters. The molecule has 1 amide bonds. The minimum Gasteiger partial charge on any atom is -0.356 e.